The summed E-state index contributed by atoms with van der Waals surface area (Å²) in [5, 5.41) is 11.9. The number of non-ortho nitro benzene ring substituents is 1. The van der Waals surface area contributed by atoms with E-state index in [-0.39, 0.29) is 5.69 Å². The number of rotatable bonds is 2. The lowest BCUT2D eigenvalue weighted by molar-refractivity contribution is -0.667. The zero-order valence-electron chi connectivity index (χ0n) is 8.68. The molecule has 0 saturated heterocycles. The molecule has 2 rings (SSSR count). The van der Waals surface area contributed by atoms with Crippen molar-refractivity contribution in [3.05, 3.63) is 45.6 Å². The summed E-state index contributed by atoms with van der Waals surface area (Å²) in [6.07, 6.45) is 1.87. The second-order valence-corrected chi connectivity index (χ2v) is 3.82. The Kier molecular flexibility index (Phi) is 2.75. The van der Waals surface area contributed by atoms with Crippen molar-refractivity contribution >= 4 is 28.2 Å². The molecule has 4 nitrogen and oxygen atoms in total. The highest BCUT2D eigenvalue weighted by Crippen LogP contribution is 2.24. The van der Waals surface area contributed by atoms with Crippen LogP contribution in [0.4, 0.5) is 5.69 Å². The van der Waals surface area contributed by atoms with Crippen LogP contribution in [-0.4, -0.2) is 4.92 Å². The monoisotopic (exact) mass is 237 g/mol. The van der Waals surface area contributed by atoms with Crippen LogP contribution in [0.25, 0.3) is 10.9 Å². The van der Waals surface area contributed by atoms with Gasteiger partial charge < -0.3 is 0 Å². The Bertz CT molecular complexity index is 569. The average molecular weight is 238 g/mol. The number of nitrogens with zero attached hydrogens (tertiary/aromatic N) is 2. The first-order valence-corrected chi connectivity index (χ1v) is 5.27. The molecule has 16 heavy (non-hydrogen) atoms. The van der Waals surface area contributed by atoms with Crippen molar-refractivity contribution in [2.75, 3.05) is 0 Å². The lowest BCUT2D eigenvalue weighted by Gasteiger charge is -2.00. The van der Waals surface area contributed by atoms with Crippen molar-refractivity contribution in [1.82, 2.24) is 0 Å². The van der Waals surface area contributed by atoms with Crippen LogP contribution in [-0.2, 0) is 6.54 Å². The van der Waals surface area contributed by atoms with Crippen molar-refractivity contribution < 1.29 is 9.49 Å². The molecule has 0 N–H and O–H groups in total. The zero-order chi connectivity index (χ0) is 11.7. The molecule has 0 atom stereocenters. The van der Waals surface area contributed by atoms with Gasteiger partial charge in [0, 0.05) is 24.3 Å². The number of fused-ring (bicyclic) bond motifs is 1. The maximum atomic E-state index is 10.7. The van der Waals surface area contributed by atoms with Crippen molar-refractivity contribution in [3.8, 4) is 0 Å². The number of pyridine rings is 1. The van der Waals surface area contributed by atoms with Gasteiger partial charge >= 0.3 is 0 Å². The van der Waals surface area contributed by atoms with E-state index in [1.807, 2.05) is 17.7 Å². The van der Waals surface area contributed by atoms with Gasteiger partial charge in [-0.05, 0) is 6.92 Å². The van der Waals surface area contributed by atoms with Crippen LogP contribution >= 0.6 is 11.6 Å². The lowest BCUT2D eigenvalue weighted by Crippen LogP contribution is -2.32. The summed E-state index contributed by atoms with van der Waals surface area (Å²) in [5.41, 5.74) is 0.962. The molecule has 0 spiro atoms. The summed E-state index contributed by atoms with van der Waals surface area (Å²) in [6, 6.07) is 6.47. The van der Waals surface area contributed by atoms with Crippen LogP contribution in [0.3, 0.4) is 0 Å². The molecule has 0 unspecified atom stereocenters. The molecule has 1 aromatic carbocycles. The second-order valence-electron chi connectivity index (χ2n) is 3.41. The first-order chi connectivity index (χ1) is 7.63. The van der Waals surface area contributed by atoms with Gasteiger partial charge in [0.05, 0.1) is 15.3 Å². The number of aromatic nitrogens is 1. The second kappa shape index (κ2) is 4.06. The molecule has 0 aliphatic rings. The SMILES string of the molecule is CC[n+]1ccc(Cl)c2cc([N+](=O)[O-])ccc21. The van der Waals surface area contributed by atoms with Gasteiger partial charge in [0.2, 0.25) is 5.52 Å². The van der Waals surface area contributed by atoms with Crippen LogP contribution in [0.15, 0.2) is 30.5 Å². The first kappa shape index (κ1) is 10.8. The third-order valence-corrected chi connectivity index (χ3v) is 2.83. The maximum absolute atomic E-state index is 10.7. The number of hydrogen-bond donors (Lipinski definition) is 0. The van der Waals surface area contributed by atoms with Crippen molar-refractivity contribution in [2.45, 2.75) is 13.5 Å². The minimum atomic E-state index is -0.418. The van der Waals surface area contributed by atoms with E-state index in [1.165, 1.54) is 12.1 Å². The molecule has 0 amide bonds. The Morgan fingerprint density at radius 3 is 2.81 bits per heavy atom. The van der Waals surface area contributed by atoms with E-state index in [1.54, 1.807) is 12.1 Å². The Morgan fingerprint density at radius 1 is 1.44 bits per heavy atom. The fourth-order valence-electron chi connectivity index (χ4n) is 1.68. The highest BCUT2D eigenvalue weighted by atomic mass is 35.5. The summed E-state index contributed by atoms with van der Waals surface area (Å²) in [7, 11) is 0. The normalized spacial score (nSPS) is 10.6. The van der Waals surface area contributed by atoms with Crippen molar-refractivity contribution in [3.63, 3.8) is 0 Å². The predicted molar refractivity (Wildman–Crippen MR) is 61.5 cm³/mol. The van der Waals surface area contributed by atoms with E-state index in [2.05, 4.69) is 0 Å². The van der Waals surface area contributed by atoms with Crippen LogP contribution in [0.5, 0.6) is 0 Å². The van der Waals surface area contributed by atoms with Gasteiger partial charge in [0.25, 0.3) is 5.69 Å². The number of nitro benzene ring substituents is 1. The van der Waals surface area contributed by atoms with E-state index >= 15 is 0 Å². The highest BCUT2D eigenvalue weighted by Gasteiger charge is 2.14. The zero-order valence-corrected chi connectivity index (χ0v) is 9.44. The molecule has 82 valence electrons. The number of halogens is 1. The summed E-state index contributed by atoms with van der Waals surface area (Å²) in [5.74, 6) is 0. The molecule has 0 aliphatic heterocycles. The number of aryl methyl sites for hydroxylation is 1. The van der Waals surface area contributed by atoms with Gasteiger partial charge in [-0.1, -0.05) is 11.6 Å². The predicted octanol–water partition coefficient (Wildman–Crippen LogP) is 2.71. The third kappa shape index (κ3) is 1.72. The molecule has 0 bridgehead atoms. The van der Waals surface area contributed by atoms with Gasteiger partial charge in [-0.3, -0.25) is 10.1 Å². The van der Waals surface area contributed by atoms with Crippen LogP contribution in [0.1, 0.15) is 6.92 Å². The van der Waals surface area contributed by atoms with E-state index < -0.39 is 4.92 Å². The molecule has 0 aliphatic carbocycles. The molecule has 0 radical (unpaired) electrons. The van der Waals surface area contributed by atoms with Crippen molar-refractivity contribution in [1.29, 1.82) is 0 Å². The maximum Gasteiger partial charge on any atom is 0.270 e. The van der Waals surface area contributed by atoms with Crippen LogP contribution in [0, 0.1) is 10.1 Å². The molecular formula is C11H10ClN2O2+. The molecule has 0 fully saturated rings. The van der Waals surface area contributed by atoms with Crippen LogP contribution in [0.2, 0.25) is 5.02 Å². The van der Waals surface area contributed by atoms with E-state index in [9.17, 15) is 10.1 Å². The van der Waals surface area contributed by atoms with Crippen LogP contribution < -0.4 is 4.57 Å². The number of benzene rings is 1. The minimum absolute atomic E-state index is 0.0586. The van der Waals surface area contributed by atoms with E-state index in [0.717, 1.165) is 12.1 Å². The topological polar surface area (TPSA) is 47.0 Å². The van der Waals surface area contributed by atoms with Gasteiger partial charge in [-0.15, -0.1) is 0 Å². The van der Waals surface area contributed by atoms with Gasteiger partial charge in [0.15, 0.2) is 6.20 Å². The Labute approximate surface area is 97.2 Å². The highest BCUT2D eigenvalue weighted by molar-refractivity contribution is 6.35. The molecular weight excluding hydrogens is 228 g/mol. The largest absolute Gasteiger partial charge is 0.270 e. The van der Waals surface area contributed by atoms with Gasteiger partial charge in [-0.25, -0.2) is 0 Å². The van der Waals surface area contributed by atoms with E-state index in [4.69, 9.17) is 11.6 Å². The quantitative estimate of drug-likeness (QED) is 0.458. The lowest BCUT2D eigenvalue weighted by atomic mass is 10.2. The molecule has 0 saturated carbocycles. The number of hydrogen-bond acceptors (Lipinski definition) is 2. The summed E-state index contributed by atoms with van der Waals surface area (Å²) < 4.78 is 1.99. The van der Waals surface area contributed by atoms with Gasteiger partial charge in [-0.2, -0.15) is 4.57 Å². The smallest absolute Gasteiger partial charge is 0.258 e. The Balaban J connectivity index is 2.77. The summed E-state index contributed by atoms with van der Waals surface area (Å²) >= 11 is 6.03. The minimum Gasteiger partial charge on any atom is -0.258 e. The molecule has 1 aromatic heterocycles. The fraction of sp³-hybridized carbons (Fsp3) is 0.182. The fourth-order valence-corrected chi connectivity index (χ4v) is 1.89. The summed E-state index contributed by atoms with van der Waals surface area (Å²) in [4.78, 5) is 10.2. The van der Waals surface area contributed by atoms with Gasteiger partial charge in [0.1, 0.15) is 6.54 Å². The third-order valence-electron chi connectivity index (χ3n) is 2.50. The summed E-state index contributed by atoms with van der Waals surface area (Å²) in [6.45, 7) is 2.81. The first-order valence-electron chi connectivity index (χ1n) is 4.89. The Morgan fingerprint density at radius 2 is 2.19 bits per heavy atom. The standard InChI is InChI=1S/C11H10ClN2O2/c1-2-13-6-5-10(12)9-7-8(14(15)16)3-4-11(9)13/h3-7H,2H2,1H3/q+1. The molecule has 1 heterocycles. The van der Waals surface area contributed by atoms with E-state index in [0.29, 0.717) is 10.4 Å². The molecule has 2 aromatic rings. The number of nitro groups is 1. The average Bonchev–Trinajstić information content (AvgIpc) is 2.29. The molecule has 5 heteroatoms. The van der Waals surface area contributed by atoms with Crippen molar-refractivity contribution in [2.24, 2.45) is 0 Å². The Hall–Kier alpha value is -1.68.